The maximum Gasteiger partial charge on any atom is 0.330 e. The molecule has 0 saturated heterocycles. The Kier molecular flexibility index (Phi) is 5.87. The molecule has 9 nitrogen and oxygen atoms in total. The molecule has 0 unspecified atom stereocenters. The van der Waals surface area contributed by atoms with Crippen molar-refractivity contribution in [2.45, 2.75) is 11.4 Å². The van der Waals surface area contributed by atoms with E-state index in [0.29, 0.717) is 5.69 Å². The number of nitrogen functional groups attached to an aromatic ring is 1. The largest absolute Gasteiger partial charge is 0.383 e. The fraction of sp³-hybridized carbons (Fsp3) is 0.182. The van der Waals surface area contributed by atoms with Gasteiger partial charge in [-0.2, -0.15) is 0 Å². The Labute approximate surface area is 187 Å². The standard InChI is InChI=1S/C22H21N5O4S/c1-25(17(28)12-26-15-9-5-6-10-16(15)32-13-18(26)29)19-20(23)27(22(31)24-21(19)30)11-14-7-3-2-4-8-14/h2-10H,11-13,23H2,1H3,(H,24,30,31). The first-order valence-electron chi connectivity index (χ1n) is 9.82. The number of para-hydroxylation sites is 1. The van der Waals surface area contributed by atoms with Gasteiger partial charge in [-0.3, -0.25) is 23.9 Å². The van der Waals surface area contributed by atoms with Crippen LogP contribution in [-0.2, 0) is 16.1 Å². The van der Waals surface area contributed by atoms with Gasteiger partial charge in [-0.05, 0) is 17.7 Å². The number of nitrogens with zero attached hydrogens (tertiary/aromatic N) is 3. The van der Waals surface area contributed by atoms with Crippen LogP contribution in [-0.4, -0.2) is 40.7 Å². The lowest BCUT2D eigenvalue weighted by Crippen LogP contribution is -2.46. The predicted molar refractivity (Wildman–Crippen MR) is 124 cm³/mol. The Morgan fingerprint density at radius 1 is 1.09 bits per heavy atom. The third kappa shape index (κ3) is 4.04. The minimum absolute atomic E-state index is 0.126. The molecule has 164 valence electrons. The highest BCUT2D eigenvalue weighted by atomic mass is 32.2. The number of rotatable bonds is 5. The van der Waals surface area contributed by atoms with E-state index < -0.39 is 17.2 Å². The van der Waals surface area contributed by atoms with Crippen LogP contribution in [0.3, 0.4) is 0 Å². The number of aromatic nitrogens is 2. The molecule has 0 atom stereocenters. The van der Waals surface area contributed by atoms with Crippen molar-refractivity contribution in [3.05, 3.63) is 81.0 Å². The number of thioether (sulfide) groups is 1. The van der Waals surface area contributed by atoms with Gasteiger partial charge in [0.25, 0.3) is 5.56 Å². The number of hydrogen-bond donors (Lipinski definition) is 2. The van der Waals surface area contributed by atoms with Crippen LogP contribution >= 0.6 is 11.8 Å². The molecule has 0 saturated carbocycles. The first-order chi connectivity index (χ1) is 15.4. The Bertz CT molecular complexity index is 1300. The number of nitrogens with one attached hydrogen (secondary N) is 1. The fourth-order valence-corrected chi connectivity index (χ4v) is 4.45. The normalized spacial score (nSPS) is 13.0. The number of carbonyl (C=O) groups excluding carboxylic acids is 2. The van der Waals surface area contributed by atoms with E-state index in [-0.39, 0.29) is 36.3 Å². The summed E-state index contributed by atoms with van der Waals surface area (Å²) in [7, 11) is 1.40. The van der Waals surface area contributed by atoms with E-state index in [9.17, 15) is 19.2 Å². The third-order valence-electron chi connectivity index (χ3n) is 5.21. The third-order valence-corrected chi connectivity index (χ3v) is 6.26. The highest BCUT2D eigenvalue weighted by Crippen LogP contribution is 2.34. The minimum Gasteiger partial charge on any atom is -0.383 e. The van der Waals surface area contributed by atoms with Gasteiger partial charge in [0.2, 0.25) is 11.8 Å². The van der Waals surface area contributed by atoms with Crippen LogP contribution in [0.2, 0.25) is 0 Å². The van der Waals surface area contributed by atoms with Gasteiger partial charge in [-0.15, -0.1) is 11.8 Å². The SMILES string of the molecule is CN(C(=O)CN1C(=O)CSc2ccccc21)c1c(N)n(Cc2ccccc2)c(=O)[nH]c1=O. The molecule has 0 aliphatic carbocycles. The monoisotopic (exact) mass is 451 g/mol. The van der Waals surface area contributed by atoms with Crippen LogP contribution in [0.5, 0.6) is 0 Å². The van der Waals surface area contributed by atoms with Crippen molar-refractivity contribution in [3.63, 3.8) is 0 Å². The molecule has 1 aromatic heterocycles. The summed E-state index contributed by atoms with van der Waals surface area (Å²) in [6, 6.07) is 16.5. The molecule has 2 aromatic carbocycles. The molecule has 32 heavy (non-hydrogen) atoms. The van der Waals surface area contributed by atoms with Crippen LogP contribution in [0.25, 0.3) is 0 Å². The fourth-order valence-electron chi connectivity index (χ4n) is 3.52. The van der Waals surface area contributed by atoms with Crippen molar-refractivity contribution in [1.29, 1.82) is 0 Å². The van der Waals surface area contributed by atoms with Gasteiger partial charge in [0.05, 0.1) is 18.0 Å². The summed E-state index contributed by atoms with van der Waals surface area (Å²) in [5.74, 6) is -0.619. The molecule has 1 aliphatic heterocycles. The summed E-state index contributed by atoms with van der Waals surface area (Å²) in [6.45, 7) is -0.129. The van der Waals surface area contributed by atoms with Crippen LogP contribution < -0.4 is 26.8 Å². The predicted octanol–water partition coefficient (Wildman–Crippen LogP) is 1.27. The average Bonchev–Trinajstić information content (AvgIpc) is 2.79. The summed E-state index contributed by atoms with van der Waals surface area (Å²) in [4.78, 5) is 56.1. The lowest BCUT2D eigenvalue weighted by atomic mass is 10.2. The summed E-state index contributed by atoms with van der Waals surface area (Å²) in [6.07, 6.45) is 0. The van der Waals surface area contributed by atoms with Gasteiger partial charge in [-0.1, -0.05) is 42.5 Å². The van der Waals surface area contributed by atoms with Gasteiger partial charge in [-0.25, -0.2) is 4.79 Å². The van der Waals surface area contributed by atoms with E-state index in [1.54, 1.807) is 12.1 Å². The van der Waals surface area contributed by atoms with Crippen LogP contribution in [0.4, 0.5) is 17.2 Å². The van der Waals surface area contributed by atoms with Crippen LogP contribution in [0.1, 0.15) is 5.56 Å². The highest BCUT2D eigenvalue weighted by molar-refractivity contribution is 8.00. The molecule has 3 aromatic rings. The van der Waals surface area contributed by atoms with E-state index in [0.717, 1.165) is 15.4 Å². The minimum atomic E-state index is -0.770. The summed E-state index contributed by atoms with van der Waals surface area (Å²) >= 11 is 1.41. The number of fused-ring (bicyclic) bond motifs is 1. The molecule has 0 fully saturated rings. The number of amides is 2. The van der Waals surface area contributed by atoms with Crippen molar-refractivity contribution in [2.75, 3.05) is 34.9 Å². The second-order valence-corrected chi connectivity index (χ2v) is 8.27. The van der Waals surface area contributed by atoms with Gasteiger partial charge < -0.3 is 15.5 Å². The highest BCUT2D eigenvalue weighted by Gasteiger charge is 2.29. The van der Waals surface area contributed by atoms with Gasteiger partial charge in [0.1, 0.15) is 12.4 Å². The zero-order valence-electron chi connectivity index (χ0n) is 17.3. The molecular weight excluding hydrogens is 430 g/mol. The molecule has 10 heteroatoms. The number of anilines is 3. The molecule has 0 spiro atoms. The van der Waals surface area contributed by atoms with E-state index in [2.05, 4.69) is 4.98 Å². The lowest BCUT2D eigenvalue weighted by molar-refractivity contribution is -0.121. The van der Waals surface area contributed by atoms with E-state index in [1.165, 1.54) is 28.3 Å². The smallest absolute Gasteiger partial charge is 0.330 e. The van der Waals surface area contributed by atoms with Gasteiger partial charge >= 0.3 is 5.69 Å². The molecule has 0 radical (unpaired) electrons. The molecule has 2 heterocycles. The summed E-state index contributed by atoms with van der Waals surface area (Å²) in [5.41, 5.74) is 6.05. The number of carbonyl (C=O) groups is 2. The molecule has 3 N–H and O–H groups in total. The van der Waals surface area contributed by atoms with Crippen LogP contribution in [0.15, 0.2) is 69.1 Å². The topological polar surface area (TPSA) is 121 Å². The quantitative estimate of drug-likeness (QED) is 0.603. The summed E-state index contributed by atoms with van der Waals surface area (Å²) < 4.78 is 1.20. The van der Waals surface area contributed by atoms with E-state index >= 15 is 0 Å². The zero-order chi connectivity index (χ0) is 22.8. The van der Waals surface area contributed by atoms with Crippen molar-refractivity contribution < 1.29 is 9.59 Å². The van der Waals surface area contributed by atoms with Crippen molar-refractivity contribution in [2.24, 2.45) is 0 Å². The zero-order valence-corrected chi connectivity index (χ0v) is 18.1. The average molecular weight is 452 g/mol. The number of H-pyrrole nitrogens is 1. The number of likely N-dealkylation sites (N-methyl/N-ethyl adjacent to an activating group) is 1. The maximum atomic E-state index is 13.1. The first kappa shape index (κ1) is 21.4. The Morgan fingerprint density at radius 2 is 1.78 bits per heavy atom. The number of aromatic amines is 1. The van der Waals surface area contributed by atoms with Crippen molar-refractivity contribution in [3.8, 4) is 0 Å². The Balaban J connectivity index is 1.65. The Morgan fingerprint density at radius 3 is 2.53 bits per heavy atom. The van der Waals surface area contributed by atoms with Crippen molar-refractivity contribution >= 4 is 40.8 Å². The number of benzene rings is 2. The number of hydrogen-bond acceptors (Lipinski definition) is 6. The van der Waals surface area contributed by atoms with Crippen molar-refractivity contribution in [1.82, 2.24) is 9.55 Å². The van der Waals surface area contributed by atoms with Gasteiger partial charge in [0, 0.05) is 11.9 Å². The van der Waals surface area contributed by atoms with E-state index in [4.69, 9.17) is 5.73 Å². The molecule has 0 bridgehead atoms. The maximum absolute atomic E-state index is 13.1. The number of nitrogens with two attached hydrogens (primary N) is 1. The molecule has 1 aliphatic rings. The summed E-state index contributed by atoms with van der Waals surface area (Å²) in [5, 5.41) is 0. The van der Waals surface area contributed by atoms with E-state index in [1.807, 2.05) is 42.5 Å². The molecule has 2 amide bonds. The Hall–Kier alpha value is -3.79. The lowest BCUT2D eigenvalue weighted by Gasteiger charge is -2.30. The molecule has 4 rings (SSSR count). The second kappa shape index (κ2) is 8.75. The molecular formula is C22H21N5O4S. The second-order valence-electron chi connectivity index (χ2n) is 7.25. The van der Waals surface area contributed by atoms with Gasteiger partial charge in [0.15, 0.2) is 5.69 Å². The van der Waals surface area contributed by atoms with Crippen LogP contribution in [0, 0.1) is 0 Å². The first-order valence-corrected chi connectivity index (χ1v) is 10.8.